The first-order chi connectivity index (χ1) is 8.83. The highest BCUT2D eigenvalue weighted by Crippen LogP contribution is 2.31. The van der Waals surface area contributed by atoms with Gasteiger partial charge in [-0.2, -0.15) is 0 Å². The quantitative estimate of drug-likeness (QED) is 0.686. The van der Waals surface area contributed by atoms with Gasteiger partial charge < -0.3 is 4.90 Å². The van der Waals surface area contributed by atoms with Crippen LogP contribution in [-0.2, 0) is 5.41 Å². The second-order valence-electron chi connectivity index (χ2n) is 6.92. The molecule has 1 aromatic rings. The van der Waals surface area contributed by atoms with Crippen molar-refractivity contribution in [1.29, 1.82) is 0 Å². The molecule has 1 nitrogen and oxygen atoms in total. The second kappa shape index (κ2) is 7.09. The summed E-state index contributed by atoms with van der Waals surface area (Å²) in [4.78, 5) is 2.44. The van der Waals surface area contributed by atoms with Crippen LogP contribution in [0.25, 0.3) is 0 Å². The molecule has 0 spiro atoms. The predicted octanol–water partition coefficient (Wildman–Crippen LogP) is 4.72. The minimum absolute atomic E-state index is 0.275. The molecule has 0 aliphatic rings. The van der Waals surface area contributed by atoms with Crippen molar-refractivity contribution < 1.29 is 0 Å². The van der Waals surface area contributed by atoms with Crippen LogP contribution in [-0.4, -0.2) is 24.5 Å². The van der Waals surface area contributed by atoms with Gasteiger partial charge in [0, 0.05) is 6.04 Å². The van der Waals surface area contributed by atoms with E-state index in [1.54, 1.807) is 0 Å². The Morgan fingerprint density at radius 2 is 1.63 bits per heavy atom. The van der Waals surface area contributed by atoms with Crippen molar-refractivity contribution in [2.75, 3.05) is 13.6 Å². The van der Waals surface area contributed by atoms with E-state index in [2.05, 4.69) is 76.9 Å². The van der Waals surface area contributed by atoms with Gasteiger partial charge in [0.2, 0.25) is 0 Å². The van der Waals surface area contributed by atoms with Gasteiger partial charge in [-0.1, -0.05) is 51.1 Å². The van der Waals surface area contributed by atoms with E-state index in [1.165, 1.54) is 24.9 Å². The summed E-state index contributed by atoms with van der Waals surface area (Å²) in [5.74, 6) is 0.761. The highest BCUT2D eigenvalue weighted by Gasteiger charge is 2.23. The molecule has 0 bridgehead atoms. The second-order valence-corrected chi connectivity index (χ2v) is 6.92. The third-order valence-electron chi connectivity index (χ3n) is 4.27. The molecule has 0 aromatic heterocycles. The fourth-order valence-electron chi connectivity index (χ4n) is 2.66. The lowest BCUT2D eigenvalue weighted by Gasteiger charge is -2.30. The minimum Gasteiger partial charge on any atom is -0.304 e. The van der Waals surface area contributed by atoms with Crippen LogP contribution in [0, 0.1) is 5.92 Å². The molecule has 0 aliphatic heterocycles. The molecule has 108 valence electrons. The van der Waals surface area contributed by atoms with Crippen molar-refractivity contribution in [1.82, 2.24) is 4.90 Å². The molecule has 1 unspecified atom stereocenters. The van der Waals surface area contributed by atoms with Crippen molar-refractivity contribution >= 4 is 0 Å². The molecule has 19 heavy (non-hydrogen) atoms. The number of hydrogen-bond acceptors (Lipinski definition) is 1. The number of benzene rings is 1. The molecule has 0 saturated heterocycles. The average molecular weight is 261 g/mol. The van der Waals surface area contributed by atoms with E-state index in [0.29, 0.717) is 6.04 Å². The van der Waals surface area contributed by atoms with Crippen LogP contribution in [0.1, 0.15) is 53.0 Å². The molecule has 0 heterocycles. The Balaban J connectivity index is 2.49. The average Bonchev–Trinajstić information content (AvgIpc) is 2.36. The topological polar surface area (TPSA) is 3.24 Å². The summed E-state index contributed by atoms with van der Waals surface area (Å²) < 4.78 is 0. The first-order valence-electron chi connectivity index (χ1n) is 7.58. The number of hydrogen-bond donors (Lipinski definition) is 0. The largest absolute Gasteiger partial charge is 0.304 e. The molecule has 0 amide bonds. The van der Waals surface area contributed by atoms with Crippen molar-refractivity contribution in [2.45, 2.75) is 58.9 Å². The SMILES string of the molecule is CC(CCN(C)C(C)C)CC(C)(C)c1ccccc1. The Morgan fingerprint density at radius 3 is 2.16 bits per heavy atom. The molecule has 1 heteroatoms. The lowest BCUT2D eigenvalue weighted by molar-refractivity contribution is 0.241. The number of rotatable bonds is 7. The summed E-state index contributed by atoms with van der Waals surface area (Å²) in [5, 5.41) is 0. The first kappa shape index (κ1) is 16.2. The van der Waals surface area contributed by atoms with Gasteiger partial charge in [0.15, 0.2) is 0 Å². The molecule has 0 radical (unpaired) electrons. The predicted molar refractivity (Wildman–Crippen MR) is 85.6 cm³/mol. The third-order valence-corrected chi connectivity index (χ3v) is 4.27. The Morgan fingerprint density at radius 1 is 1.05 bits per heavy atom. The van der Waals surface area contributed by atoms with E-state index >= 15 is 0 Å². The summed E-state index contributed by atoms with van der Waals surface area (Å²) in [6.07, 6.45) is 2.54. The van der Waals surface area contributed by atoms with Crippen LogP contribution in [0.5, 0.6) is 0 Å². The standard InChI is InChI=1S/C18H31N/c1-15(2)19(6)13-12-16(3)14-18(4,5)17-10-8-7-9-11-17/h7-11,15-16H,12-14H2,1-6H3. The van der Waals surface area contributed by atoms with Crippen LogP contribution in [0.3, 0.4) is 0 Å². The van der Waals surface area contributed by atoms with Crippen molar-refractivity contribution in [3.63, 3.8) is 0 Å². The van der Waals surface area contributed by atoms with Crippen LogP contribution in [0.4, 0.5) is 0 Å². The molecular weight excluding hydrogens is 230 g/mol. The molecule has 1 atom stereocenters. The minimum atomic E-state index is 0.275. The highest BCUT2D eigenvalue weighted by atomic mass is 15.1. The summed E-state index contributed by atoms with van der Waals surface area (Å²) in [7, 11) is 2.22. The maximum absolute atomic E-state index is 2.44. The van der Waals surface area contributed by atoms with Crippen LogP contribution in [0.15, 0.2) is 30.3 Å². The van der Waals surface area contributed by atoms with Crippen molar-refractivity contribution in [2.24, 2.45) is 5.92 Å². The van der Waals surface area contributed by atoms with Crippen LogP contribution >= 0.6 is 0 Å². The van der Waals surface area contributed by atoms with Gasteiger partial charge in [-0.25, -0.2) is 0 Å². The number of nitrogens with zero attached hydrogens (tertiary/aromatic N) is 1. The van der Waals surface area contributed by atoms with Gasteiger partial charge in [0.25, 0.3) is 0 Å². The molecule has 0 aliphatic carbocycles. The lowest BCUT2D eigenvalue weighted by Crippen LogP contribution is -2.29. The van der Waals surface area contributed by atoms with Crippen LogP contribution < -0.4 is 0 Å². The normalized spacial score (nSPS) is 14.1. The molecule has 0 fully saturated rings. The molecule has 0 saturated carbocycles. The van der Waals surface area contributed by atoms with Gasteiger partial charge in [-0.05, 0) is 57.2 Å². The van der Waals surface area contributed by atoms with Gasteiger partial charge in [-0.3, -0.25) is 0 Å². The maximum Gasteiger partial charge on any atom is 0.00355 e. The zero-order valence-electron chi connectivity index (χ0n) is 13.6. The first-order valence-corrected chi connectivity index (χ1v) is 7.58. The maximum atomic E-state index is 2.44. The van der Waals surface area contributed by atoms with E-state index in [-0.39, 0.29) is 5.41 Å². The van der Waals surface area contributed by atoms with E-state index in [4.69, 9.17) is 0 Å². The zero-order chi connectivity index (χ0) is 14.5. The third kappa shape index (κ3) is 5.36. The highest BCUT2D eigenvalue weighted by molar-refractivity contribution is 5.23. The molecule has 0 N–H and O–H groups in total. The summed E-state index contributed by atoms with van der Waals surface area (Å²) >= 11 is 0. The van der Waals surface area contributed by atoms with Gasteiger partial charge in [-0.15, -0.1) is 0 Å². The summed E-state index contributed by atoms with van der Waals surface area (Å²) in [5.41, 5.74) is 1.73. The fourth-order valence-corrected chi connectivity index (χ4v) is 2.66. The van der Waals surface area contributed by atoms with E-state index in [1.807, 2.05) is 0 Å². The van der Waals surface area contributed by atoms with E-state index in [9.17, 15) is 0 Å². The van der Waals surface area contributed by atoms with Gasteiger partial charge in [0.1, 0.15) is 0 Å². The monoisotopic (exact) mass is 261 g/mol. The fraction of sp³-hybridized carbons (Fsp3) is 0.667. The Bertz CT molecular complexity index is 353. The van der Waals surface area contributed by atoms with Crippen LogP contribution in [0.2, 0.25) is 0 Å². The Labute approximate surface area is 120 Å². The van der Waals surface area contributed by atoms with E-state index in [0.717, 1.165) is 5.92 Å². The van der Waals surface area contributed by atoms with Gasteiger partial charge in [0.05, 0.1) is 0 Å². The van der Waals surface area contributed by atoms with Crippen molar-refractivity contribution in [3.8, 4) is 0 Å². The molecular formula is C18H31N. The Kier molecular flexibility index (Phi) is 6.06. The lowest BCUT2D eigenvalue weighted by atomic mass is 9.77. The van der Waals surface area contributed by atoms with Gasteiger partial charge >= 0.3 is 0 Å². The summed E-state index contributed by atoms with van der Waals surface area (Å²) in [6.45, 7) is 12.8. The zero-order valence-corrected chi connectivity index (χ0v) is 13.6. The summed E-state index contributed by atoms with van der Waals surface area (Å²) in [6, 6.07) is 11.6. The smallest absolute Gasteiger partial charge is 0.00355 e. The molecule has 1 rings (SSSR count). The Hall–Kier alpha value is -0.820. The molecule has 1 aromatic carbocycles. The van der Waals surface area contributed by atoms with E-state index < -0.39 is 0 Å². The van der Waals surface area contributed by atoms with Crippen molar-refractivity contribution in [3.05, 3.63) is 35.9 Å².